The van der Waals surface area contributed by atoms with Gasteiger partial charge in [-0.15, -0.1) is 0 Å². The van der Waals surface area contributed by atoms with E-state index in [2.05, 4.69) is 0 Å². The first kappa shape index (κ1) is 46.3. The van der Waals surface area contributed by atoms with E-state index in [-0.39, 0.29) is 30.9 Å². The van der Waals surface area contributed by atoms with E-state index in [1.54, 1.807) is 48.6 Å². The lowest BCUT2D eigenvalue weighted by Gasteiger charge is -2.48. The number of nitrogens with zero attached hydrogens (tertiary/aromatic N) is 2. The summed E-state index contributed by atoms with van der Waals surface area (Å²) in [4.78, 5) is 18.0. The Morgan fingerprint density at radius 3 is 2.09 bits per heavy atom. The lowest BCUT2D eigenvalue weighted by Crippen LogP contribution is -2.62. The molecule has 0 radical (unpaired) electrons. The lowest BCUT2D eigenvalue weighted by molar-refractivity contribution is -0.318. The number of aliphatic hydroxyl groups excluding tert-OH is 4. The summed E-state index contributed by atoms with van der Waals surface area (Å²) in [6.07, 6.45) is -10.9. The third-order valence-corrected chi connectivity index (χ3v) is 12.2. The highest BCUT2D eigenvalue weighted by Crippen LogP contribution is 2.40. The maximum atomic E-state index is 14.2. The van der Waals surface area contributed by atoms with Gasteiger partial charge in [0.2, 0.25) is 0 Å². The number of methoxy groups -OCH3 is 1. The highest BCUT2D eigenvalue weighted by atomic mass is 16.7. The van der Waals surface area contributed by atoms with Gasteiger partial charge in [-0.1, -0.05) is 13.8 Å². The van der Waals surface area contributed by atoms with Gasteiger partial charge in [0, 0.05) is 38.1 Å². The zero-order valence-electron chi connectivity index (χ0n) is 34.5. The third-order valence-electron chi connectivity index (χ3n) is 12.2. The summed E-state index contributed by atoms with van der Waals surface area (Å²) in [5.74, 6) is -2.99. The molecule has 0 amide bonds. The number of likely N-dealkylation sites (N-methyl/N-ethyl adjacent to an activating group) is 2. The van der Waals surface area contributed by atoms with E-state index in [1.807, 2.05) is 37.7 Å². The van der Waals surface area contributed by atoms with E-state index >= 15 is 0 Å². The molecular weight excluding hydrogens is 692 g/mol. The maximum Gasteiger partial charge on any atom is 0.311 e. The van der Waals surface area contributed by atoms with Crippen molar-refractivity contribution in [2.45, 2.75) is 185 Å². The molecule has 0 bridgehead atoms. The molecule has 312 valence electrons. The fraction of sp³-hybridized carbons (Fsp3) is 0.974. The quantitative estimate of drug-likeness (QED) is 0.200. The Morgan fingerprint density at radius 1 is 0.943 bits per heavy atom. The molecule has 3 saturated heterocycles. The Labute approximate surface area is 316 Å². The van der Waals surface area contributed by atoms with E-state index in [9.17, 15) is 35.4 Å². The summed E-state index contributed by atoms with van der Waals surface area (Å²) in [5, 5.41) is 69.0. The van der Waals surface area contributed by atoms with Crippen molar-refractivity contribution in [1.82, 2.24) is 9.80 Å². The van der Waals surface area contributed by atoms with Crippen LogP contribution in [0.25, 0.3) is 0 Å². The molecule has 0 aromatic heterocycles. The van der Waals surface area contributed by atoms with Crippen LogP contribution in [-0.4, -0.2) is 178 Å². The van der Waals surface area contributed by atoms with E-state index in [1.165, 1.54) is 21.0 Å². The molecule has 0 aromatic rings. The van der Waals surface area contributed by atoms with Crippen molar-refractivity contribution in [3.8, 4) is 0 Å². The molecule has 0 spiro atoms. The van der Waals surface area contributed by atoms with Gasteiger partial charge in [-0.3, -0.25) is 4.79 Å². The van der Waals surface area contributed by atoms with Gasteiger partial charge in [-0.2, -0.15) is 0 Å². The van der Waals surface area contributed by atoms with Gasteiger partial charge in [0.05, 0.1) is 47.6 Å². The molecule has 15 heteroatoms. The molecule has 3 heterocycles. The summed E-state index contributed by atoms with van der Waals surface area (Å²) >= 11 is 0. The fourth-order valence-electron chi connectivity index (χ4n) is 8.79. The van der Waals surface area contributed by atoms with Crippen molar-refractivity contribution >= 4 is 5.97 Å². The molecule has 19 atom stereocenters. The molecular formula is C38H72N2O13. The third kappa shape index (κ3) is 10.5. The second-order valence-corrected chi connectivity index (χ2v) is 17.4. The van der Waals surface area contributed by atoms with Crippen molar-refractivity contribution in [2.24, 2.45) is 17.8 Å². The van der Waals surface area contributed by atoms with Crippen LogP contribution in [0.2, 0.25) is 0 Å². The van der Waals surface area contributed by atoms with Crippen LogP contribution in [0.1, 0.15) is 88.5 Å². The van der Waals surface area contributed by atoms with Crippen LogP contribution in [-0.2, 0) is 33.2 Å². The largest absolute Gasteiger partial charge is 0.456 e. The van der Waals surface area contributed by atoms with Crippen LogP contribution in [0.15, 0.2) is 0 Å². The summed E-state index contributed by atoms with van der Waals surface area (Å²) in [6.45, 7) is 17.1. The molecule has 3 fully saturated rings. The van der Waals surface area contributed by atoms with Gasteiger partial charge in [0.1, 0.15) is 23.9 Å². The minimum absolute atomic E-state index is 0.0901. The highest BCUT2D eigenvalue weighted by Gasteiger charge is 2.53. The molecule has 3 rings (SSSR count). The number of hydrogen-bond acceptors (Lipinski definition) is 15. The number of carbonyl (C=O) groups is 1. The number of hydrogen-bond donors (Lipinski definition) is 6. The predicted octanol–water partition coefficient (Wildman–Crippen LogP) is 0.872. The average Bonchev–Trinajstić information content (AvgIpc) is 3.05. The first-order valence-corrected chi connectivity index (χ1v) is 19.2. The van der Waals surface area contributed by atoms with E-state index in [0.29, 0.717) is 13.0 Å². The highest BCUT2D eigenvalue weighted by molar-refractivity contribution is 5.73. The number of rotatable bonds is 7. The number of ether oxygens (including phenoxy) is 6. The van der Waals surface area contributed by atoms with Crippen molar-refractivity contribution in [2.75, 3.05) is 34.8 Å². The molecule has 0 aromatic carbocycles. The van der Waals surface area contributed by atoms with Gasteiger partial charge >= 0.3 is 5.97 Å². The number of cyclic esters (lactones) is 1. The Hall–Kier alpha value is -1.05. The first-order chi connectivity index (χ1) is 24.3. The SMILES string of the molecule is CO[C@]1(C)C[C@H](O[C@H]2[C@H](C)[C@@H](O[C@@H]3O[C@H](C)C[C@H](N(C)C)[C@H]3O)[C@](C)(O)C[C@@H](C)CN(C)[C@H](C)[C@@H](O)[C@](C)(O)[C@@H](C(C)O)OC(=O)[C@@H]2C)O[C@@H](C)[C@@H]1O. The van der Waals surface area contributed by atoms with Crippen molar-refractivity contribution < 1.29 is 63.9 Å². The normalized spacial score (nSPS) is 49.5. The standard InChI is InChI=1S/C38H72N2O13/c1-19-16-36(8,46)32(53-35-28(42)26(39(11)12)15-20(2)49-35)21(3)29(51-27-17-37(9,48-14)31(44)25(7)50-27)22(4)34(45)52-33(24(6)41)38(10,47)30(43)23(5)40(13)18-19/h19-33,35,41-44,46-47H,15-18H2,1-14H3/t19-,20-,21+,22-,23-,24?,25+,26+,27+,28-,29+,30-,31+,32-,33-,35+,36-,37-,38+/m1/s1. The Bertz CT molecular complexity index is 1170. The monoisotopic (exact) mass is 765 g/mol. The topological polar surface area (TPSA) is 200 Å². The van der Waals surface area contributed by atoms with E-state index in [4.69, 9.17) is 28.4 Å². The number of esters is 1. The maximum absolute atomic E-state index is 14.2. The predicted molar refractivity (Wildman–Crippen MR) is 196 cm³/mol. The summed E-state index contributed by atoms with van der Waals surface area (Å²) in [7, 11) is 7.00. The summed E-state index contributed by atoms with van der Waals surface area (Å²) in [5.41, 5.74) is -4.74. The minimum Gasteiger partial charge on any atom is -0.456 e. The van der Waals surface area contributed by atoms with Crippen LogP contribution >= 0.6 is 0 Å². The van der Waals surface area contributed by atoms with Gasteiger partial charge in [-0.05, 0) is 95.3 Å². The molecule has 1 unspecified atom stereocenters. The molecule has 53 heavy (non-hydrogen) atoms. The second kappa shape index (κ2) is 18.0. The van der Waals surface area contributed by atoms with Crippen LogP contribution in [0.3, 0.4) is 0 Å². The van der Waals surface area contributed by atoms with Crippen LogP contribution in [0.4, 0.5) is 0 Å². The van der Waals surface area contributed by atoms with Crippen molar-refractivity contribution in [3.05, 3.63) is 0 Å². The fourth-order valence-corrected chi connectivity index (χ4v) is 8.79. The molecule has 0 saturated carbocycles. The first-order valence-electron chi connectivity index (χ1n) is 19.2. The second-order valence-electron chi connectivity index (χ2n) is 17.4. The zero-order chi connectivity index (χ0) is 40.5. The Morgan fingerprint density at radius 2 is 1.55 bits per heavy atom. The van der Waals surface area contributed by atoms with E-state index < -0.39 is 102 Å². The van der Waals surface area contributed by atoms with Crippen LogP contribution < -0.4 is 0 Å². The van der Waals surface area contributed by atoms with Crippen molar-refractivity contribution in [1.29, 1.82) is 0 Å². The van der Waals surface area contributed by atoms with Crippen LogP contribution in [0, 0.1) is 17.8 Å². The molecule has 6 N–H and O–H groups in total. The van der Waals surface area contributed by atoms with Crippen molar-refractivity contribution in [3.63, 3.8) is 0 Å². The van der Waals surface area contributed by atoms with Gasteiger partial charge in [0.15, 0.2) is 18.7 Å². The summed E-state index contributed by atoms with van der Waals surface area (Å²) < 4.78 is 37.3. The molecule has 3 aliphatic heterocycles. The Kier molecular flexibility index (Phi) is 15.8. The van der Waals surface area contributed by atoms with Gasteiger partial charge < -0.3 is 68.9 Å². The number of aliphatic hydroxyl groups is 6. The zero-order valence-corrected chi connectivity index (χ0v) is 34.5. The number of carbonyl (C=O) groups excluding carboxylic acids is 1. The minimum atomic E-state index is -2.08. The molecule has 15 nitrogen and oxygen atoms in total. The van der Waals surface area contributed by atoms with Crippen LogP contribution in [0.5, 0.6) is 0 Å². The lowest BCUT2D eigenvalue weighted by atomic mass is 9.77. The molecule has 3 aliphatic rings. The van der Waals surface area contributed by atoms with Gasteiger partial charge in [0.25, 0.3) is 0 Å². The van der Waals surface area contributed by atoms with E-state index in [0.717, 1.165) is 0 Å². The molecule has 0 aliphatic carbocycles. The van der Waals surface area contributed by atoms with Gasteiger partial charge in [-0.25, -0.2) is 0 Å². The summed E-state index contributed by atoms with van der Waals surface area (Å²) in [6, 6.07) is -0.957. The smallest absolute Gasteiger partial charge is 0.311 e. The average molecular weight is 765 g/mol. The Balaban J connectivity index is 2.20.